The molecule has 0 spiro atoms. The van der Waals surface area contributed by atoms with Gasteiger partial charge in [-0.25, -0.2) is 17.1 Å². The fraction of sp³-hybridized carbons (Fsp3) is 0.400. The van der Waals surface area contributed by atoms with Crippen molar-refractivity contribution in [3.8, 4) is 0 Å². The van der Waals surface area contributed by atoms with Crippen LogP contribution in [0.4, 0.5) is 4.39 Å². The van der Waals surface area contributed by atoms with Crippen molar-refractivity contribution in [2.75, 3.05) is 20.2 Å². The molecule has 0 heterocycles. The Balaban J connectivity index is 2.86. The number of sulfonamides is 1. The van der Waals surface area contributed by atoms with E-state index < -0.39 is 15.8 Å². The Morgan fingerprint density at radius 2 is 2.12 bits per heavy atom. The first-order valence-corrected chi connectivity index (χ1v) is 6.84. The molecule has 17 heavy (non-hydrogen) atoms. The zero-order valence-electron chi connectivity index (χ0n) is 9.23. The van der Waals surface area contributed by atoms with Crippen LogP contribution in [-0.2, 0) is 15.8 Å². The molecule has 0 aliphatic rings. The van der Waals surface area contributed by atoms with E-state index in [9.17, 15) is 12.8 Å². The lowest BCUT2D eigenvalue weighted by molar-refractivity contribution is 0.266. The maximum atomic E-state index is 12.9. The summed E-state index contributed by atoms with van der Waals surface area (Å²) < 4.78 is 37.5. The minimum atomic E-state index is -3.51. The number of rotatable bonds is 5. The Bertz CT molecular complexity index is 492. The van der Waals surface area contributed by atoms with E-state index in [1.165, 1.54) is 19.2 Å². The van der Waals surface area contributed by atoms with Gasteiger partial charge in [-0.05, 0) is 17.7 Å². The average Bonchev–Trinajstić information content (AvgIpc) is 2.23. The molecule has 0 aliphatic heterocycles. The van der Waals surface area contributed by atoms with Crippen LogP contribution in [0.1, 0.15) is 5.56 Å². The highest BCUT2D eigenvalue weighted by molar-refractivity contribution is 7.88. The molecule has 1 aromatic rings. The number of likely N-dealkylation sites (N-methyl/N-ethyl adjacent to an activating group) is 1. The van der Waals surface area contributed by atoms with Gasteiger partial charge < -0.3 is 5.11 Å². The van der Waals surface area contributed by atoms with Crippen molar-refractivity contribution in [2.24, 2.45) is 0 Å². The summed E-state index contributed by atoms with van der Waals surface area (Å²) in [6.07, 6.45) is 0. The Labute approximate surface area is 105 Å². The number of benzene rings is 1. The zero-order valence-corrected chi connectivity index (χ0v) is 10.8. The molecule has 1 aromatic carbocycles. The molecule has 96 valence electrons. The molecule has 1 N–H and O–H groups in total. The van der Waals surface area contributed by atoms with Crippen LogP contribution in [0.5, 0.6) is 0 Å². The van der Waals surface area contributed by atoms with Gasteiger partial charge in [-0.2, -0.15) is 0 Å². The molecule has 0 unspecified atom stereocenters. The standard InChI is InChI=1S/C10H13ClFNO3S/c1-13(4-5-14)17(15,16)7-8-2-3-10(12)9(11)6-8/h2-3,6,14H,4-5,7H2,1H3. The summed E-state index contributed by atoms with van der Waals surface area (Å²) in [6, 6.07) is 3.77. The van der Waals surface area contributed by atoms with Gasteiger partial charge >= 0.3 is 0 Å². The van der Waals surface area contributed by atoms with Gasteiger partial charge in [0.15, 0.2) is 0 Å². The van der Waals surface area contributed by atoms with Gasteiger partial charge in [-0.1, -0.05) is 17.7 Å². The van der Waals surface area contributed by atoms with E-state index in [-0.39, 0.29) is 23.9 Å². The number of hydrogen-bond donors (Lipinski definition) is 1. The third-order valence-corrected chi connectivity index (χ3v) is 4.34. The lowest BCUT2D eigenvalue weighted by Gasteiger charge is -2.15. The van der Waals surface area contributed by atoms with Crippen LogP contribution in [0.25, 0.3) is 0 Å². The first-order chi connectivity index (χ1) is 7.86. The lowest BCUT2D eigenvalue weighted by Crippen LogP contribution is -2.30. The quantitative estimate of drug-likeness (QED) is 0.883. The minimum Gasteiger partial charge on any atom is -0.395 e. The van der Waals surface area contributed by atoms with Crippen LogP contribution < -0.4 is 0 Å². The predicted octanol–water partition coefficient (Wildman–Crippen LogP) is 1.23. The van der Waals surface area contributed by atoms with Crippen molar-refractivity contribution in [3.05, 3.63) is 34.6 Å². The maximum Gasteiger partial charge on any atom is 0.218 e. The average molecular weight is 282 g/mol. The van der Waals surface area contributed by atoms with Crippen molar-refractivity contribution >= 4 is 21.6 Å². The molecular formula is C10H13ClFNO3S. The summed E-state index contributed by atoms with van der Waals surface area (Å²) in [5, 5.41) is 8.56. The van der Waals surface area contributed by atoms with E-state index in [0.29, 0.717) is 5.56 Å². The summed E-state index contributed by atoms with van der Waals surface area (Å²) in [7, 11) is -2.14. The van der Waals surface area contributed by atoms with Gasteiger partial charge in [-0.3, -0.25) is 0 Å². The summed E-state index contributed by atoms with van der Waals surface area (Å²) in [4.78, 5) is 0. The molecule has 0 amide bonds. The SMILES string of the molecule is CN(CCO)S(=O)(=O)Cc1ccc(F)c(Cl)c1. The Morgan fingerprint density at radius 3 is 2.65 bits per heavy atom. The third-order valence-electron chi connectivity index (χ3n) is 2.22. The van der Waals surface area contributed by atoms with Crippen LogP contribution in [-0.4, -0.2) is 38.0 Å². The van der Waals surface area contributed by atoms with E-state index in [0.717, 1.165) is 10.4 Å². The summed E-state index contributed by atoms with van der Waals surface area (Å²) in [6.45, 7) is -0.225. The normalized spacial score (nSPS) is 12.1. The molecule has 0 aromatic heterocycles. The van der Waals surface area contributed by atoms with Gasteiger partial charge in [0.2, 0.25) is 10.0 Å². The molecule has 0 atom stereocenters. The monoisotopic (exact) mass is 281 g/mol. The minimum absolute atomic E-state index is 0.0251. The molecule has 4 nitrogen and oxygen atoms in total. The predicted molar refractivity (Wildman–Crippen MR) is 63.7 cm³/mol. The highest BCUT2D eigenvalue weighted by Gasteiger charge is 2.18. The summed E-state index contributed by atoms with van der Waals surface area (Å²) >= 11 is 5.56. The Hall–Kier alpha value is -0.690. The van der Waals surface area contributed by atoms with E-state index in [1.54, 1.807) is 0 Å². The summed E-state index contributed by atoms with van der Waals surface area (Å²) in [5.41, 5.74) is 0.404. The van der Waals surface area contributed by atoms with Crippen molar-refractivity contribution in [1.29, 1.82) is 0 Å². The topological polar surface area (TPSA) is 57.6 Å². The van der Waals surface area contributed by atoms with E-state index >= 15 is 0 Å². The highest BCUT2D eigenvalue weighted by atomic mass is 35.5. The van der Waals surface area contributed by atoms with Gasteiger partial charge in [0.25, 0.3) is 0 Å². The largest absolute Gasteiger partial charge is 0.395 e. The number of halogens is 2. The van der Waals surface area contributed by atoms with Crippen LogP contribution >= 0.6 is 11.6 Å². The zero-order chi connectivity index (χ0) is 13.1. The first kappa shape index (κ1) is 14.4. The van der Waals surface area contributed by atoms with Gasteiger partial charge in [0.05, 0.1) is 17.4 Å². The second-order valence-corrected chi connectivity index (χ2v) is 6.03. The number of aliphatic hydroxyl groups excluding tert-OH is 1. The van der Waals surface area contributed by atoms with Crippen LogP contribution in [0.15, 0.2) is 18.2 Å². The van der Waals surface area contributed by atoms with E-state index in [4.69, 9.17) is 16.7 Å². The van der Waals surface area contributed by atoms with Crippen LogP contribution in [0.2, 0.25) is 5.02 Å². The van der Waals surface area contributed by atoms with Gasteiger partial charge in [0.1, 0.15) is 5.82 Å². The van der Waals surface area contributed by atoms with E-state index in [2.05, 4.69) is 0 Å². The molecule has 0 radical (unpaired) electrons. The molecule has 0 saturated heterocycles. The fourth-order valence-electron chi connectivity index (χ4n) is 1.23. The van der Waals surface area contributed by atoms with Crippen molar-refractivity contribution < 1.29 is 17.9 Å². The second-order valence-electron chi connectivity index (χ2n) is 3.55. The molecule has 0 aliphatic carbocycles. The molecule has 0 saturated carbocycles. The van der Waals surface area contributed by atoms with Gasteiger partial charge in [0, 0.05) is 13.6 Å². The summed E-state index contributed by atoms with van der Waals surface area (Å²) in [5.74, 6) is -0.861. The lowest BCUT2D eigenvalue weighted by atomic mass is 10.2. The van der Waals surface area contributed by atoms with Crippen molar-refractivity contribution in [3.63, 3.8) is 0 Å². The molecule has 0 fully saturated rings. The number of nitrogens with zero attached hydrogens (tertiary/aromatic N) is 1. The first-order valence-electron chi connectivity index (χ1n) is 4.85. The maximum absolute atomic E-state index is 12.9. The molecule has 0 bridgehead atoms. The van der Waals surface area contributed by atoms with Crippen LogP contribution in [0, 0.1) is 5.82 Å². The van der Waals surface area contributed by atoms with Crippen LogP contribution in [0.3, 0.4) is 0 Å². The smallest absolute Gasteiger partial charge is 0.218 e. The number of aliphatic hydroxyl groups is 1. The fourth-order valence-corrected chi connectivity index (χ4v) is 2.61. The third kappa shape index (κ3) is 3.92. The molecule has 1 rings (SSSR count). The number of hydrogen-bond acceptors (Lipinski definition) is 3. The van der Waals surface area contributed by atoms with Crippen molar-refractivity contribution in [2.45, 2.75) is 5.75 Å². The van der Waals surface area contributed by atoms with Gasteiger partial charge in [-0.15, -0.1) is 0 Å². The molecule has 7 heteroatoms. The second kappa shape index (κ2) is 5.77. The van der Waals surface area contributed by atoms with E-state index in [1.807, 2.05) is 0 Å². The highest BCUT2D eigenvalue weighted by Crippen LogP contribution is 2.18. The molecular weight excluding hydrogens is 269 g/mol. The Morgan fingerprint density at radius 1 is 1.47 bits per heavy atom. The Kier molecular flexibility index (Phi) is 4.88. The van der Waals surface area contributed by atoms with Crippen molar-refractivity contribution in [1.82, 2.24) is 4.31 Å².